The van der Waals surface area contributed by atoms with Crippen molar-refractivity contribution in [3.8, 4) is 0 Å². The van der Waals surface area contributed by atoms with Crippen LogP contribution in [0.3, 0.4) is 0 Å². The fourth-order valence-corrected chi connectivity index (χ4v) is 5.21. The number of hydrogen-bond acceptors (Lipinski definition) is 3. The number of carbonyl (C=O) groups excluding carboxylic acids is 1. The maximum Gasteiger partial charge on any atom is 0.324 e. The lowest BCUT2D eigenvalue weighted by Gasteiger charge is -2.34. The number of carbonyl (C=O) groups is 2. The number of benzene rings is 1. The zero-order chi connectivity index (χ0) is 20.2. The smallest absolute Gasteiger partial charge is 0.324 e. The number of aliphatic carboxylic acids is 1. The molecule has 30 heavy (non-hydrogen) atoms. The number of nitrogens with zero attached hydrogens (tertiary/aromatic N) is 2. The molecule has 0 bridgehead atoms. The molecular formula is C23H34ClN3O3. The Morgan fingerprint density at radius 1 is 1.07 bits per heavy atom. The van der Waals surface area contributed by atoms with E-state index in [1.807, 2.05) is 4.90 Å². The van der Waals surface area contributed by atoms with Crippen LogP contribution < -0.4 is 10.2 Å². The first-order valence-corrected chi connectivity index (χ1v) is 11.2. The molecule has 166 valence electrons. The third-order valence-corrected chi connectivity index (χ3v) is 6.94. The molecule has 2 N–H and O–H groups in total. The van der Waals surface area contributed by atoms with Crippen molar-refractivity contribution in [1.29, 1.82) is 0 Å². The molecule has 2 amide bonds. The van der Waals surface area contributed by atoms with Crippen molar-refractivity contribution in [2.24, 2.45) is 5.92 Å². The molecule has 1 aromatic carbocycles. The molecule has 0 unspecified atom stereocenters. The van der Waals surface area contributed by atoms with Crippen LogP contribution in [0.5, 0.6) is 0 Å². The van der Waals surface area contributed by atoms with E-state index in [9.17, 15) is 9.59 Å². The zero-order valence-electron chi connectivity index (χ0n) is 17.6. The number of amides is 2. The monoisotopic (exact) mass is 435 g/mol. The average Bonchev–Trinajstić information content (AvgIpc) is 3.08. The Balaban J connectivity index is 0.00000256. The highest BCUT2D eigenvalue weighted by atomic mass is 35.5. The summed E-state index contributed by atoms with van der Waals surface area (Å²) >= 11 is 0. The molecule has 3 aliphatic rings. The van der Waals surface area contributed by atoms with E-state index in [-0.39, 0.29) is 24.9 Å². The number of rotatable bonds is 5. The standard InChI is InChI=1S/C23H33N3O3.ClH/c27-22(28)10-5-17-3-7-20(8-4-17)25-14-15-26(23(25)29)21-9-6-18-11-13-24-12-1-2-19(18)16-21;/h6,9,16-17,20,24H,1-5,7-8,10-15H2,(H,27,28);1H/t17-,20-;. The molecule has 1 aliphatic carbocycles. The summed E-state index contributed by atoms with van der Waals surface area (Å²) in [6.07, 6.45) is 8.38. The number of carboxylic acid groups (broad SMARTS) is 1. The molecule has 0 atom stereocenters. The maximum atomic E-state index is 13.2. The molecule has 0 spiro atoms. The Bertz CT molecular complexity index is 749. The molecule has 6 nitrogen and oxygen atoms in total. The number of halogens is 1. The first kappa shape index (κ1) is 22.9. The Labute approximate surface area is 185 Å². The number of aryl methyl sites for hydroxylation is 1. The van der Waals surface area contributed by atoms with Gasteiger partial charge in [-0.2, -0.15) is 0 Å². The van der Waals surface area contributed by atoms with E-state index in [1.54, 1.807) is 0 Å². The van der Waals surface area contributed by atoms with E-state index in [0.29, 0.717) is 12.0 Å². The molecule has 2 aliphatic heterocycles. The van der Waals surface area contributed by atoms with Gasteiger partial charge in [0.15, 0.2) is 0 Å². The number of carboxylic acids is 1. The van der Waals surface area contributed by atoms with Gasteiger partial charge in [-0.05, 0) is 93.6 Å². The predicted octanol–water partition coefficient (Wildman–Crippen LogP) is 3.85. The van der Waals surface area contributed by atoms with Gasteiger partial charge in [-0.15, -0.1) is 12.4 Å². The van der Waals surface area contributed by atoms with Gasteiger partial charge in [-0.3, -0.25) is 9.69 Å². The number of hydrogen-bond donors (Lipinski definition) is 2. The van der Waals surface area contributed by atoms with Crippen LogP contribution in [-0.4, -0.2) is 54.2 Å². The molecule has 1 saturated carbocycles. The molecule has 0 aromatic heterocycles. The largest absolute Gasteiger partial charge is 0.481 e. The van der Waals surface area contributed by atoms with Crippen molar-refractivity contribution in [2.45, 2.75) is 63.8 Å². The Morgan fingerprint density at radius 2 is 1.87 bits per heavy atom. The van der Waals surface area contributed by atoms with Crippen molar-refractivity contribution in [2.75, 3.05) is 31.1 Å². The summed E-state index contributed by atoms with van der Waals surface area (Å²) in [4.78, 5) is 28.0. The average molecular weight is 436 g/mol. The predicted molar refractivity (Wildman–Crippen MR) is 121 cm³/mol. The molecular weight excluding hydrogens is 402 g/mol. The third kappa shape index (κ3) is 5.27. The summed E-state index contributed by atoms with van der Waals surface area (Å²) in [6, 6.07) is 7.02. The normalized spacial score (nSPS) is 24.6. The van der Waals surface area contributed by atoms with E-state index in [1.165, 1.54) is 11.1 Å². The van der Waals surface area contributed by atoms with Crippen molar-refractivity contribution < 1.29 is 14.7 Å². The molecule has 1 aromatic rings. The highest BCUT2D eigenvalue weighted by Crippen LogP contribution is 2.33. The topological polar surface area (TPSA) is 72.9 Å². The fraction of sp³-hybridized carbons (Fsp3) is 0.652. The summed E-state index contributed by atoms with van der Waals surface area (Å²) in [5.74, 6) is -0.204. The highest BCUT2D eigenvalue weighted by Gasteiger charge is 2.36. The Kier molecular flexibility index (Phi) is 8.00. The molecule has 2 fully saturated rings. The quantitative estimate of drug-likeness (QED) is 0.736. The second-order valence-corrected chi connectivity index (χ2v) is 8.79. The summed E-state index contributed by atoms with van der Waals surface area (Å²) in [5.41, 5.74) is 3.85. The minimum absolute atomic E-state index is 0. The number of nitrogens with one attached hydrogen (secondary N) is 1. The lowest BCUT2D eigenvalue weighted by Crippen LogP contribution is -2.41. The van der Waals surface area contributed by atoms with Crippen molar-refractivity contribution in [3.05, 3.63) is 29.3 Å². The first-order valence-electron chi connectivity index (χ1n) is 11.2. The van der Waals surface area contributed by atoms with E-state index >= 15 is 0 Å². The molecule has 7 heteroatoms. The van der Waals surface area contributed by atoms with E-state index in [0.717, 1.165) is 83.2 Å². The van der Waals surface area contributed by atoms with Crippen LogP contribution in [0.1, 0.15) is 56.1 Å². The van der Waals surface area contributed by atoms with Crippen LogP contribution >= 0.6 is 12.4 Å². The molecule has 2 heterocycles. The minimum atomic E-state index is -0.704. The lowest BCUT2D eigenvalue weighted by atomic mass is 9.83. The molecule has 0 radical (unpaired) electrons. The molecule has 1 saturated heterocycles. The van der Waals surface area contributed by atoms with Gasteiger partial charge >= 0.3 is 12.0 Å². The van der Waals surface area contributed by atoms with Gasteiger partial charge < -0.3 is 15.3 Å². The number of urea groups is 1. The summed E-state index contributed by atoms with van der Waals surface area (Å²) < 4.78 is 0. The van der Waals surface area contributed by atoms with Gasteiger partial charge in [0, 0.05) is 31.2 Å². The van der Waals surface area contributed by atoms with Crippen LogP contribution in [0, 0.1) is 5.92 Å². The van der Waals surface area contributed by atoms with Gasteiger partial charge in [-0.25, -0.2) is 4.79 Å². The first-order chi connectivity index (χ1) is 14.1. The van der Waals surface area contributed by atoms with Gasteiger partial charge in [0.05, 0.1) is 0 Å². The highest BCUT2D eigenvalue weighted by molar-refractivity contribution is 5.94. The SMILES string of the molecule is Cl.O=C(O)CC[C@H]1CC[C@H](N2CCN(c3ccc4c(c3)CCCNCC4)C2=O)CC1. The minimum Gasteiger partial charge on any atom is -0.481 e. The lowest BCUT2D eigenvalue weighted by molar-refractivity contribution is -0.137. The van der Waals surface area contributed by atoms with Gasteiger partial charge in [0.2, 0.25) is 0 Å². The van der Waals surface area contributed by atoms with Crippen molar-refractivity contribution >= 4 is 30.1 Å². The van der Waals surface area contributed by atoms with Gasteiger partial charge in [0.25, 0.3) is 0 Å². The zero-order valence-corrected chi connectivity index (χ0v) is 18.5. The summed E-state index contributed by atoms with van der Waals surface area (Å²) in [6.45, 7) is 3.65. The maximum absolute atomic E-state index is 13.2. The number of anilines is 1. The van der Waals surface area contributed by atoms with Gasteiger partial charge in [-0.1, -0.05) is 6.07 Å². The van der Waals surface area contributed by atoms with Crippen molar-refractivity contribution in [3.63, 3.8) is 0 Å². The van der Waals surface area contributed by atoms with Crippen LogP contribution in [0.4, 0.5) is 10.5 Å². The second kappa shape index (κ2) is 10.5. The summed E-state index contributed by atoms with van der Waals surface area (Å²) in [5, 5.41) is 12.3. The fourth-order valence-electron chi connectivity index (χ4n) is 5.21. The van der Waals surface area contributed by atoms with Gasteiger partial charge in [0.1, 0.15) is 0 Å². The van der Waals surface area contributed by atoms with Crippen molar-refractivity contribution in [1.82, 2.24) is 10.2 Å². The Morgan fingerprint density at radius 3 is 2.63 bits per heavy atom. The van der Waals surface area contributed by atoms with Crippen LogP contribution in [-0.2, 0) is 17.6 Å². The number of fused-ring (bicyclic) bond motifs is 1. The van der Waals surface area contributed by atoms with E-state index < -0.39 is 5.97 Å². The second-order valence-electron chi connectivity index (χ2n) is 8.79. The Hall–Kier alpha value is -1.79. The van der Waals surface area contributed by atoms with Crippen LogP contribution in [0.15, 0.2) is 18.2 Å². The van der Waals surface area contributed by atoms with Crippen LogP contribution in [0.2, 0.25) is 0 Å². The van der Waals surface area contributed by atoms with E-state index in [2.05, 4.69) is 28.4 Å². The van der Waals surface area contributed by atoms with Crippen LogP contribution in [0.25, 0.3) is 0 Å². The molecule has 4 rings (SSSR count). The third-order valence-electron chi connectivity index (χ3n) is 6.94. The summed E-state index contributed by atoms with van der Waals surface area (Å²) in [7, 11) is 0. The van der Waals surface area contributed by atoms with E-state index in [4.69, 9.17) is 5.11 Å².